The molecule has 1 aromatic carbocycles. The first-order valence-corrected chi connectivity index (χ1v) is 9.36. The van der Waals surface area contributed by atoms with Crippen LogP contribution in [0.2, 0.25) is 0 Å². The van der Waals surface area contributed by atoms with Crippen molar-refractivity contribution in [1.82, 2.24) is 10.3 Å². The summed E-state index contributed by atoms with van der Waals surface area (Å²) in [6, 6.07) is 13.0. The molecule has 1 unspecified atom stereocenters. The van der Waals surface area contributed by atoms with Gasteiger partial charge in [-0.15, -0.1) is 11.3 Å². The van der Waals surface area contributed by atoms with Gasteiger partial charge in [-0.3, -0.25) is 14.6 Å². The number of aromatic nitrogens is 1. The molecule has 6 N–H and O–H groups in total. The molecule has 0 bridgehead atoms. The monoisotopic (exact) mass is 395 g/mol. The van der Waals surface area contributed by atoms with Crippen LogP contribution in [-0.4, -0.2) is 16.8 Å². The lowest BCUT2D eigenvalue weighted by Crippen LogP contribution is -2.40. The maximum Gasteiger partial charge on any atom is 0.265 e. The molecule has 0 saturated carbocycles. The van der Waals surface area contributed by atoms with Gasteiger partial charge >= 0.3 is 0 Å². The van der Waals surface area contributed by atoms with Gasteiger partial charge in [0.1, 0.15) is 0 Å². The van der Waals surface area contributed by atoms with Gasteiger partial charge in [-0.25, -0.2) is 0 Å². The number of nitrogens with one attached hydrogen (secondary N) is 2. The third-order valence-corrected chi connectivity index (χ3v) is 5.19. The van der Waals surface area contributed by atoms with Crippen molar-refractivity contribution in [2.75, 3.05) is 5.32 Å². The van der Waals surface area contributed by atoms with Gasteiger partial charge in [0.05, 0.1) is 28.4 Å². The molecule has 1 atom stereocenters. The molecular formula is C20H21N5O2S. The number of hydrogen-bond acceptors (Lipinski definition) is 6. The highest BCUT2D eigenvalue weighted by molar-refractivity contribution is 7.20. The summed E-state index contributed by atoms with van der Waals surface area (Å²) in [5, 5.41) is 6.30. The Balaban J connectivity index is 1.76. The highest BCUT2D eigenvalue weighted by Gasteiger charge is 2.27. The average Bonchev–Trinajstić information content (AvgIpc) is 3.05. The van der Waals surface area contributed by atoms with Crippen LogP contribution < -0.4 is 22.1 Å². The molecule has 3 rings (SSSR count). The van der Waals surface area contributed by atoms with Gasteiger partial charge < -0.3 is 22.1 Å². The van der Waals surface area contributed by atoms with Crippen LogP contribution in [0, 0.1) is 0 Å². The van der Waals surface area contributed by atoms with Gasteiger partial charge in [0.25, 0.3) is 5.91 Å². The molecular weight excluding hydrogens is 374 g/mol. The van der Waals surface area contributed by atoms with Crippen molar-refractivity contribution < 1.29 is 9.59 Å². The predicted molar refractivity (Wildman–Crippen MR) is 112 cm³/mol. The van der Waals surface area contributed by atoms with Crippen LogP contribution in [0.15, 0.2) is 61.1 Å². The van der Waals surface area contributed by atoms with Crippen molar-refractivity contribution >= 4 is 38.9 Å². The minimum absolute atomic E-state index is 0.0378. The Bertz CT molecular complexity index is 1020. The summed E-state index contributed by atoms with van der Waals surface area (Å²) in [4.78, 5) is 29.4. The molecule has 0 radical (unpaired) electrons. The number of fused-ring (bicyclic) bond motifs is 1. The van der Waals surface area contributed by atoms with Crippen molar-refractivity contribution in [2.45, 2.75) is 18.9 Å². The van der Waals surface area contributed by atoms with Crippen LogP contribution in [0.1, 0.15) is 28.7 Å². The molecule has 8 heteroatoms. The van der Waals surface area contributed by atoms with Crippen molar-refractivity contribution in [2.24, 2.45) is 11.5 Å². The number of nitrogens with zero attached hydrogens (tertiary/aromatic N) is 1. The lowest BCUT2D eigenvalue weighted by atomic mass is 9.93. The maximum absolute atomic E-state index is 12.6. The number of thiophene rings is 1. The second-order valence-electron chi connectivity index (χ2n) is 6.70. The van der Waals surface area contributed by atoms with E-state index >= 15 is 0 Å². The van der Waals surface area contributed by atoms with Gasteiger partial charge in [-0.05, 0) is 36.6 Å². The minimum Gasteiger partial charge on any atom is -0.386 e. The number of nitrogens with two attached hydrogens (primary N) is 2. The van der Waals surface area contributed by atoms with Gasteiger partial charge in [-0.2, -0.15) is 0 Å². The Morgan fingerprint density at radius 2 is 2.00 bits per heavy atom. The number of rotatable bonds is 6. The summed E-state index contributed by atoms with van der Waals surface area (Å²) in [5.74, 6) is -0.522. The van der Waals surface area contributed by atoms with E-state index in [-0.39, 0.29) is 24.1 Å². The zero-order valence-electron chi connectivity index (χ0n) is 15.4. The summed E-state index contributed by atoms with van der Waals surface area (Å²) >= 11 is 1.42. The fourth-order valence-electron chi connectivity index (χ4n) is 2.75. The highest BCUT2D eigenvalue weighted by Crippen LogP contribution is 2.27. The van der Waals surface area contributed by atoms with E-state index in [1.807, 2.05) is 30.3 Å². The topological polar surface area (TPSA) is 123 Å². The molecule has 144 valence electrons. The summed E-state index contributed by atoms with van der Waals surface area (Å²) in [6.45, 7) is 5.12. The van der Waals surface area contributed by atoms with Crippen molar-refractivity contribution in [1.29, 1.82) is 0 Å². The third kappa shape index (κ3) is 4.54. The van der Waals surface area contributed by atoms with E-state index in [2.05, 4.69) is 22.2 Å². The normalized spacial score (nSPS) is 12.9. The number of pyridine rings is 1. The van der Waals surface area contributed by atoms with Gasteiger partial charge in [0.2, 0.25) is 5.91 Å². The molecule has 2 amide bonds. The van der Waals surface area contributed by atoms with E-state index in [9.17, 15) is 9.59 Å². The smallest absolute Gasteiger partial charge is 0.265 e. The zero-order valence-corrected chi connectivity index (χ0v) is 16.2. The third-order valence-electron chi connectivity index (χ3n) is 4.08. The number of carbonyl (C=O) groups excluding carboxylic acids is 2. The van der Waals surface area contributed by atoms with E-state index in [1.54, 1.807) is 25.3 Å². The molecule has 0 aliphatic carbocycles. The Hall–Kier alpha value is -3.23. The van der Waals surface area contributed by atoms with Crippen LogP contribution in [0.3, 0.4) is 0 Å². The molecule has 0 fully saturated rings. The Labute approximate surface area is 166 Å². The first-order chi connectivity index (χ1) is 13.2. The van der Waals surface area contributed by atoms with E-state index in [1.165, 1.54) is 11.3 Å². The molecule has 2 aromatic heterocycles. The van der Waals surface area contributed by atoms with Crippen molar-refractivity contribution in [3.8, 4) is 0 Å². The van der Waals surface area contributed by atoms with Crippen LogP contribution in [0.4, 0.5) is 5.69 Å². The number of carbonyl (C=O) groups is 2. The quantitative estimate of drug-likeness (QED) is 0.511. The van der Waals surface area contributed by atoms with Gasteiger partial charge in [0, 0.05) is 16.6 Å². The molecule has 7 nitrogen and oxygen atoms in total. The van der Waals surface area contributed by atoms with E-state index in [0.29, 0.717) is 16.3 Å². The van der Waals surface area contributed by atoms with Crippen LogP contribution in [0.25, 0.3) is 10.1 Å². The first kappa shape index (κ1) is 19.5. The van der Waals surface area contributed by atoms with E-state index in [4.69, 9.17) is 11.5 Å². The first-order valence-electron chi connectivity index (χ1n) is 8.54. The van der Waals surface area contributed by atoms with E-state index < -0.39 is 5.54 Å². The molecule has 2 heterocycles. The maximum atomic E-state index is 12.6. The van der Waals surface area contributed by atoms with Crippen LogP contribution >= 0.6 is 11.3 Å². The molecule has 0 aliphatic rings. The zero-order chi connectivity index (χ0) is 20.3. The Morgan fingerprint density at radius 3 is 2.71 bits per heavy atom. The SMILES string of the molecule is C=C(N)NC(=O)CC(C)(N)c1cc(NC(=O)c2cc3ccccc3s2)ccn1. The largest absolute Gasteiger partial charge is 0.386 e. The average molecular weight is 395 g/mol. The highest BCUT2D eigenvalue weighted by atomic mass is 32.1. The summed E-state index contributed by atoms with van der Waals surface area (Å²) < 4.78 is 1.05. The fraction of sp³-hybridized carbons (Fsp3) is 0.150. The minimum atomic E-state index is -1.04. The van der Waals surface area contributed by atoms with Crippen molar-refractivity contribution in [3.05, 3.63) is 71.6 Å². The molecule has 3 aromatic rings. The van der Waals surface area contributed by atoms with Crippen LogP contribution in [-0.2, 0) is 10.3 Å². The van der Waals surface area contributed by atoms with Crippen LogP contribution in [0.5, 0.6) is 0 Å². The van der Waals surface area contributed by atoms with Crippen molar-refractivity contribution in [3.63, 3.8) is 0 Å². The predicted octanol–water partition coefficient (Wildman–Crippen LogP) is 2.66. The Kier molecular flexibility index (Phi) is 5.43. The summed E-state index contributed by atoms with van der Waals surface area (Å²) in [7, 11) is 0. The lowest BCUT2D eigenvalue weighted by Gasteiger charge is -2.24. The number of hydrogen-bond donors (Lipinski definition) is 4. The molecule has 0 spiro atoms. The summed E-state index contributed by atoms with van der Waals surface area (Å²) in [6.07, 6.45) is 1.50. The number of amides is 2. The molecule has 0 saturated heterocycles. The number of anilines is 1. The van der Waals surface area contributed by atoms with Gasteiger partial charge in [0.15, 0.2) is 0 Å². The second kappa shape index (κ2) is 7.79. The van der Waals surface area contributed by atoms with E-state index in [0.717, 1.165) is 10.1 Å². The molecule has 0 aliphatic heterocycles. The van der Waals surface area contributed by atoms with Gasteiger partial charge in [-0.1, -0.05) is 24.8 Å². The number of benzene rings is 1. The summed E-state index contributed by atoms with van der Waals surface area (Å²) in [5.41, 5.74) is 11.6. The Morgan fingerprint density at radius 1 is 1.25 bits per heavy atom. The molecule has 28 heavy (non-hydrogen) atoms. The lowest BCUT2D eigenvalue weighted by molar-refractivity contribution is -0.121. The fourth-order valence-corrected chi connectivity index (χ4v) is 3.71. The second-order valence-corrected chi connectivity index (χ2v) is 7.78. The standard InChI is InChI=1S/C20H21N5O2S/c1-12(21)24-18(26)11-20(2,22)17-10-14(7-8-23-17)25-19(27)16-9-13-5-3-4-6-15(13)28-16/h3-10H,1,11,21-22H2,2H3,(H,24,26)(H,23,25,27).